The van der Waals surface area contributed by atoms with E-state index in [2.05, 4.69) is 22.0 Å². The SMILES string of the molecule is CN(c1cccc(C#CC2(O)CCCC2)c1)c1nc2nncn2c2cc(Cl)ccc12. The number of nitrogens with zero attached hydrogens (tertiary/aromatic N) is 5. The molecule has 7 heteroatoms. The molecular formula is C23H20ClN5O. The molecule has 0 atom stereocenters. The van der Waals surface area contributed by atoms with E-state index in [0.717, 1.165) is 53.7 Å². The molecule has 4 aromatic rings. The van der Waals surface area contributed by atoms with Crippen molar-refractivity contribution in [1.82, 2.24) is 19.6 Å². The normalized spacial score (nSPS) is 15.3. The summed E-state index contributed by atoms with van der Waals surface area (Å²) < 4.78 is 1.82. The van der Waals surface area contributed by atoms with Crippen molar-refractivity contribution in [2.75, 3.05) is 11.9 Å². The lowest BCUT2D eigenvalue weighted by molar-refractivity contribution is 0.110. The van der Waals surface area contributed by atoms with E-state index in [-0.39, 0.29) is 0 Å². The average Bonchev–Trinajstić information content (AvgIpc) is 3.41. The Bertz CT molecular complexity index is 1310. The molecule has 1 fully saturated rings. The lowest BCUT2D eigenvalue weighted by Gasteiger charge is -2.21. The zero-order chi connectivity index (χ0) is 20.7. The van der Waals surface area contributed by atoms with Crippen molar-refractivity contribution in [1.29, 1.82) is 0 Å². The van der Waals surface area contributed by atoms with Gasteiger partial charge in [-0.15, -0.1) is 10.2 Å². The summed E-state index contributed by atoms with van der Waals surface area (Å²) in [7, 11) is 1.96. The number of rotatable bonds is 2. The van der Waals surface area contributed by atoms with Gasteiger partial charge >= 0.3 is 0 Å². The van der Waals surface area contributed by atoms with Gasteiger partial charge in [0.1, 0.15) is 17.7 Å². The molecule has 1 aliphatic rings. The maximum absolute atomic E-state index is 10.5. The quantitative estimate of drug-likeness (QED) is 0.491. The summed E-state index contributed by atoms with van der Waals surface area (Å²) in [6, 6.07) is 13.6. The Kier molecular flexibility index (Phi) is 4.58. The zero-order valence-electron chi connectivity index (χ0n) is 16.5. The van der Waals surface area contributed by atoms with Gasteiger partial charge in [-0.1, -0.05) is 29.5 Å². The van der Waals surface area contributed by atoms with E-state index in [4.69, 9.17) is 16.6 Å². The number of hydrogen-bond donors (Lipinski definition) is 1. The number of aromatic nitrogens is 4. The summed E-state index contributed by atoms with van der Waals surface area (Å²) in [4.78, 5) is 6.72. The van der Waals surface area contributed by atoms with Gasteiger partial charge in [-0.25, -0.2) is 0 Å². The van der Waals surface area contributed by atoms with Gasteiger partial charge in [-0.2, -0.15) is 4.98 Å². The predicted molar refractivity (Wildman–Crippen MR) is 118 cm³/mol. The minimum Gasteiger partial charge on any atom is -0.378 e. The van der Waals surface area contributed by atoms with Crippen molar-refractivity contribution in [2.45, 2.75) is 31.3 Å². The summed E-state index contributed by atoms with van der Waals surface area (Å²) in [5, 5.41) is 20.2. The first-order chi connectivity index (χ1) is 14.5. The highest BCUT2D eigenvalue weighted by molar-refractivity contribution is 6.31. The predicted octanol–water partition coefficient (Wildman–Crippen LogP) is 4.36. The highest BCUT2D eigenvalue weighted by Crippen LogP contribution is 2.32. The van der Waals surface area contributed by atoms with Crippen LogP contribution in [0.4, 0.5) is 11.5 Å². The lowest BCUT2D eigenvalue weighted by Crippen LogP contribution is -2.20. The molecule has 6 nitrogen and oxygen atoms in total. The fourth-order valence-electron chi connectivity index (χ4n) is 3.97. The molecule has 0 amide bonds. The minimum absolute atomic E-state index is 0.506. The number of hydrogen-bond acceptors (Lipinski definition) is 5. The minimum atomic E-state index is -0.850. The van der Waals surface area contributed by atoms with Crippen molar-refractivity contribution in [3.8, 4) is 11.8 Å². The number of halogens is 1. The van der Waals surface area contributed by atoms with Crippen molar-refractivity contribution >= 4 is 39.8 Å². The first-order valence-corrected chi connectivity index (χ1v) is 10.3. The molecule has 30 heavy (non-hydrogen) atoms. The van der Waals surface area contributed by atoms with Crippen LogP contribution in [0.2, 0.25) is 5.02 Å². The highest BCUT2D eigenvalue weighted by atomic mass is 35.5. The number of benzene rings is 2. The largest absolute Gasteiger partial charge is 0.378 e. The van der Waals surface area contributed by atoms with E-state index in [1.165, 1.54) is 0 Å². The maximum Gasteiger partial charge on any atom is 0.257 e. The summed E-state index contributed by atoms with van der Waals surface area (Å²) in [6.45, 7) is 0. The van der Waals surface area contributed by atoms with Crippen molar-refractivity contribution in [2.24, 2.45) is 0 Å². The third-order valence-electron chi connectivity index (χ3n) is 5.62. The van der Waals surface area contributed by atoms with Gasteiger partial charge in [0.2, 0.25) is 0 Å². The Morgan fingerprint density at radius 3 is 2.83 bits per heavy atom. The number of anilines is 2. The zero-order valence-corrected chi connectivity index (χ0v) is 17.3. The average molecular weight is 418 g/mol. The molecule has 1 saturated carbocycles. The molecule has 0 bridgehead atoms. The molecule has 2 heterocycles. The molecule has 0 unspecified atom stereocenters. The fraction of sp³-hybridized carbons (Fsp3) is 0.261. The molecule has 2 aromatic heterocycles. The summed E-state index contributed by atoms with van der Waals surface area (Å²) in [6.07, 6.45) is 5.19. The van der Waals surface area contributed by atoms with E-state index in [0.29, 0.717) is 10.8 Å². The first-order valence-electron chi connectivity index (χ1n) is 9.91. The monoisotopic (exact) mass is 417 g/mol. The highest BCUT2D eigenvalue weighted by Gasteiger charge is 2.28. The standard InChI is InChI=1S/C23H20ClN5O/c1-28(18-6-4-5-16(13-18)9-12-23(30)10-2-3-11-23)21-19-8-7-17(24)14-20(19)29-15-25-27-22(29)26-21/h4-8,13-15,30H,2-3,10-11H2,1H3. The third kappa shape index (κ3) is 3.36. The van der Waals surface area contributed by atoms with Crippen LogP contribution in [0.15, 0.2) is 48.8 Å². The number of aliphatic hydroxyl groups is 1. The summed E-state index contributed by atoms with van der Waals surface area (Å²) in [5.41, 5.74) is 1.83. The molecular weight excluding hydrogens is 398 g/mol. The summed E-state index contributed by atoms with van der Waals surface area (Å²) in [5.74, 6) is 7.48. The lowest BCUT2D eigenvalue weighted by atomic mass is 10.0. The Morgan fingerprint density at radius 2 is 2.00 bits per heavy atom. The topological polar surface area (TPSA) is 66.5 Å². The molecule has 0 radical (unpaired) electrons. The van der Waals surface area contributed by atoms with Crippen LogP contribution in [0.3, 0.4) is 0 Å². The Labute approximate surface area is 179 Å². The molecule has 0 spiro atoms. The van der Waals surface area contributed by atoms with Crippen molar-refractivity contribution in [3.05, 3.63) is 59.4 Å². The Morgan fingerprint density at radius 1 is 1.17 bits per heavy atom. The van der Waals surface area contributed by atoms with E-state index in [9.17, 15) is 5.11 Å². The maximum atomic E-state index is 10.5. The van der Waals surface area contributed by atoms with E-state index in [1.54, 1.807) is 6.33 Å². The molecule has 0 saturated heterocycles. The van der Waals surface area contributed by atoms with Crippen molar-refractivity contribution in [3.63, 3.8) is 0 Å². The van der Waals surface area contributed by atoms with Crippen LogP contribution >= 0.6 is 11.6 Å². The van der Waals surface area contributed by atoms with Crippen LogP contribution in [0.1, 0.15) is 31.2 Å². The van der Waals surface area contributed by atoms with Crippen LogP contribution in [-0.4, -0.2) is 37.3 Å². The van der Waals surface area contributed by atoms with Gasteiger partial charge in [0.05, 0.1) is 5.52 Å². The van der Waals surface area contributed by atoms with Gasteiger partial charge < -0.3 is 10.0 Å². The van der Waals surface area contributed by atoms with Gasteiger partial charge in [-0.3, -0.25) is 4.40 Å². The second-order valence-corrected chi connectivity index (χ2v) is 8.13. The number of fused-ring (bicyclic) bond motifs is 3. The van der Waals surface area contributed by atoms with E-state index >= 15 is 0 Å². The molecule has 1 aliphatic carbocycles. The van der Waals surface area contributed by atoms with Gasteiger partial charge in [0.15, 0.2) is 0 Å². The summed E-state index contributed by atoms with van der Waals surface area (Å²) >= 11 is 6.23. The smallest absolute Gasteiger partial charge is 0.257 e. The third-order valence-corrected chi connectivity index (χ3v) is 5.85. The molecule has 5 rings (SSSR count). The van der Waals surface area contributed by atoms with E-state index in [1.807, 2.05) is 58.8 Å². The second kappa shape index (κ2) is 7.28. The van der Waals surface area contributed by atoms with Crippen LogP contribution in [0, 0.1) is 11.8 Å². The van der Waals surface area contributed by atoms with E-state index < -0.39 is 5.60 Å². The van der Waals surface area contributed by atoms with Gasteiger partial charge in [0, 0.05) is 28.7 Å². The van der Waals surface area contributed by atoms with Crippen LogP contribution in [0.25, 0.3) is 16.7 Å². The Balaban J connectivity index is 1.57. The molecule has 150 valence electrons. The van der Waals surface area contributed by atoms with Gasteiger partial charge in [0.25, 0.3) is 5.78 Å². The fourth-order valence-corrected chi connectivity index (χ4v) is 4.13. The van der Waals surface area contributed by atoms with Crippen molar-refractivity contribution < 1.29 is 5.11 Å². The molecule has 1 N–H and O–H groups in total. The van der Waals surface area contributed by atoms with Gasteiger partial charge in [-0.05, 0) is 62.1 Å². The molecule has 2 aromatic carbocycles. The first kappa shape index (κ1) is 18.9. The van der Waals surface area contributed by atoms with Crippen LogP contribution in [0.5, 0.6) is 0 Å². The Hall–Kier alpha value is -3.14. The van der Waals surface area contributed by atoms with Crippen LogP contribution < -0.4 is 4.90 Å². The molecule has 0 aliphatic heterocycles. The second-order valence-electron chi connectivity index (χ2n) is 7.70. The van der Waals surface area contributed by atoms with Crippen LogP contribution in [-0.2, 0) is 0 Å².